The fraction of sp³-hybridized carbons (Fsp3) is 0.500. The van der Waals surface area contributed by atoms with Gasteiger partial charge in [-0.3, -0.25) is 14.8 Å². The first kappa shape index (κ1) is 17.7. The fourth-order valence-corrected chi connectivity index (χ4v) is 4.08. The standard InChI is InChI=1S/C20H24N6O/c1-13-6-16(25-18(27)7-14-9-22-10-14)12-26(11-13)17-3-2-15(8-21)19-20(17)24-5-4-23-19/h2-5,13-14,16,22H,6-7,9-12H2,1H3,(H,25,27)/t13-,16+/m0/s1. The fourth-order valence-electron chi connectivity index (χ4n) is 4.08. The monoisotopic (exact) mass is 364 g/mol. The first-order valence-corrected chi connectivity index (χ1v) is 9.53. The number of piperidine rings is 1. The smallest absolute Gasteiger partial charge is 0.220 e. The van der Waals surface area contributed by atoms with Crippen molar-refractivity contribution in [2.45, 2.75) is 25.8 Å². The summed E-state index contributed by atoms with van der Waals surface area (Å²) in [6.07, 6.45) is 4.85. The summed E-state index contributed by atoms with van der Waals surface area (Å²) in [7, 11) is 0. The molecule has 7 heteroatoms. The minimum atomic E-state index is 0.122. The van der Waals surface area contributed by atoms with Crippen LogP contribution in [0.1, 0.15) is 25.3 Å². The van der Waals surface area contributed by atoms with Gasteiger partial charge in [-0.05, 0) is 43.5 Å². The van der Waals surface area contributed by atoms with Gasteiger partial charge < -0.3 is 15.5 Å². The number of nitriles is 1. The van der Waals surface area contributed by atoms with E-state index >= 15 is 0 Å². The maximum absolute atomic E-state index is 12.3. The van der Waals surface area contributed by atoms with Gasteiger partial charge in [-0.15, -0.1) is 0 Å². The van der Waals surface area contributed by atoms with Gasteiger partial charge in [-0.1, -0.05) is 6.92 Å². The molecule has 2 N–H and O–H groups in total. The van der Waals surface area contributed by atoms with E-state index in [4.69, 9.17) is 0 Å². The lowest BCUT2D eigenvalue weighted by molar-refractivity contribution is -0.123. The molecule has 0 aliphatic carbocycles. The van der Waals surface area contributed by atoms with Crippen LogP contribution < -0.4 is 15.5 Å². The SMILES string of the molecule is C[C@H]1C[C@@H](NC(=O)CC2CNC2)CN(c2ccc(C#N)c3nccnc23)C1. The summed E-state index contributed by atoms with van der Waals surface area (Å²) in [5.74, 6) is 1.07. The zero-order chi connectivity index (χ0) is 18.8. The lowest BCUT2D eigenvalue weighted by Gasteiger charge is -2.39. The van der Waals surface area contributed by atoms with E-state index < -0.39 is 0 Å². The molecule has 2 aliphatic rings. The van der Waals surface area contributed by atoms with Crippen LogP contribution in [0.2, 0.25) is 0 Å². The molecule has 140 valence electrons. The van der Waals surface area contributed by atoms with Crippen LogP contribution in [0.3, 0.4) is 0 Å². The Hall–Kier alpha value is -2.72. The first-order chi connectivity index (χ1) is 13.1. The number of benzene rings is 1. The van der Waals surface area contributed by atoms with Crippen molar-refractivity contribution in [3.63, 3.8) is 0 Å². The van der Waals surface area contributed by atoms with Crippen molar-refractivity contribution in [3.05, 3.63) is 30.1 Å². The van der Waals surface area contributed by atoms with Crippen molar-refractivity contribution in [1.82, 2.24) is 20.6 Å². The van der Waals surface area contributed by atoms with Gasteiger partial charge in [0.1, 0.15) is 17.1 Å². The number of nitrogens with one attached hydrogen (secondary N) is 2. The van der Waals surface area contributed by atoms with E-state index in [9.17, 15) is 10.1 Å². The third kappa shape index (κ3) is 3.71. The van der Waals surface area contributed by atoms with Crippen LogP contribution in [0.25, 0.3) is 11.0 Å². The molecule has 2 aliphatic heterocycles. The molecule has 27 heavy (non-hydrogen) atoms. The number of rotatable bonds is 4. The second-order valence-electron chi connectivity index (χ2n) is 7.74. The normalized spacial score (nSPS) is 22.9. The Balaban J connectivity index is 1.54. The number of aromatic nitrogens is 2. The quantitative estimate of drug-likeness (QED) is 0.853. The highest BCUT2D eigenvalue weighted by atomic mass is 16.1. The van der Waals surface area contributed by atoms with Gasteiger partial charge in [0.25, 0.3) is 0 Å². The summed E-state index contributed by atoms with van der Waals surface area (Å²) < 4.78 is 0. The molecule has 7 nitrogen and oxygen atoms in total. The molecule has 0 bridgehead atoms. The van der Waals surface area contributed by atoms with Gasteiger partial charge >= 0.3 is 0 Å². The number of carbonyl (C=O) groups excluding carboxylic acids is 1. The highest BCUT2D eigenvalue weighted by Gasteiger charge is 2.29. The van der Waals surface area contributed by atoms with Gasteiger partial charge in [-0.25, -0.2) is 0 Å². The number of nitrogens with zero attached hydrogens (tertiary/aromatic N) is 4. The molecule has 1 aromatic carbocycles. The number of hydrogen-bond acceptors (Lipinski definition) is 6. The lowest BCUT2D eigenvalue weighted by Crippen LogP contribution is -2.52. The summed E-state index contributed by atoms with van der Waals surface area (Å²) in [5.41, 5.74) is 2.89. The lowest BCUT2D eigenvalue weighted by atomic mass is 9.94. The van der Waals surface area contributed by atoms with Crippen LogP contribution in [0.4, 0.5) is 5.69 Å². The average molecular weight is 364 g/mol. The molecule has 2 fully saturated rings. The maximum atomic E-state index is 12.3. The summed E-state index contributed by atoms with van der Waals surface area (Å²) in [5, 5.41) is 15.8. The van der Waals surface area contributed by atoms with Crippen LogP contribution in [-0.2, 0) is 4.79 Å². The van der Waals surface area contributed by atoms with Gasteiger partial charge in [-0.2, -0.15) is 5.26 Å². The minimum Gasteiger partial charge on any atom is -0.367 e. The molecule has 0 radical (unpaired) electrons. The van der Waals surface area contributed by atoms with E-state index in [0.717, 1.165) is 43.8 Å². The Morgan fingerprint density at radius 2 is 2.07 bits per heavy atom. The first-order valence-electron chi connectivity index (χ1n) is 9.53. The number of amides is 1. The van der Waals surface area contributed by atoms with Crippen molar-refractivity contribution in [2.24, 2.45) is 11.8 Å². The molecule has 0 unspecified atom stereocenters. The molecular weight excluding hydrogens is 340 g/mol. The highest BCUT2D eigenvalue weighted by Crippen LogP contribution is 2.30. The van der Waals surface area contributed by atoms with Crippen molar-refractivity contribution in [2.75, 3.05) is 31.1 Å². The predicted molar refractivity (Wildman–Crippen MR) is 103 cm³/mol. The molecule has 0 spiro atoms. The van der Waals surface area contributed by atoms with Crippen LogP contribution in [-0.4, -0.2) is 48.1 Å². The van der Waals surface area contributed by atoms with Gasteiger partial charge in [0.05, 0.1) is 11.3 Å². The predicted octanol–water partition coefficient (Wildman–Crippen LogP) is 1.44. The molecule has 2 aromatic rings. The second kappa shape index (κ2) is 7.49. The third-order valence-electron chi connectivity index (χ3n) is 5.43. The molecule has 2 saturated heterocycles. The van der Waals surface area contributed by atoms with Crippen LogP contribution in [0.5, 0.6) is 0 Å². The van der Waals surface area contributed by atoms with Gasteiger partial charge in [0, 0.05) is 37.9 Å². The number of anilines is 1. The number of carbonyl (C=O) groups is 1. The minimum absolute atomic E-state index is 0.122. The van der Waals surface area contributed by atoms with Crippen LogP contribution in [0, 0.1) is 23.2 Å². The molecule has 1 amide bonds. The van der Waals surface area contributed by atoms with E-state index in [1.54, 1.807) is 12.4 Å². The van der Waals surface area contributed by atoms with Gasteiger partial charge in [0.2, 0.25) is 5.91 Å². The van der Waals surface area contributed by atoms with Crippen LogP contribution >= 0.6 is 0 Å². The Bertz CT molecular complexity index is 888. The molecule has 1 aromatic heterocycles. The summed E-state index contributed by atoms with van der Waals surface area (Å²) in [6.45, 7) is 5.73. The maximum Gasteiger partial charge on any atom is 0.220 e. The second-order valence-corrected chi connectivity index (χ2v) is 7.74. The van der Waals surface area contributed by atoms with Crippen molar-refractivity contribution in [3.8, 4) is 6.07 Å². The summed E-state index contributed by atoms with van der Waals surface area (Å²) >= 11 is 0. The van der Waals surface area contributed by atoms with Gasteiger partial charge in [0.15, 0.2) is 0 Å². The Morgan fingerprint density at radius 3 is 2.78 bits per heavy atom. The van der Waals surface area contributed by atoms with E-state index in [1.165, 1.54) is 0 Å². The van der Waals surface area contributed by atoms with Crippen LogP contribution in [0.15, 0.2) is 24.5 Å². The molecule has 0 saturated carbocycles. The van der Waals surface area contributed by atoms with E-state index in [-0.39, 0.29) is 11.9 Å². The molecular formula is C20H24N6O. The molecule has 3 heterocycles. The number of fused-ring (bicyclic) bond motifs is 1. The summed E-state index contributed by atoms with van der Waals surface area (Å²) in [6, 6.07) is 6.07. The topological polar surface area (TPSA) is 93.9 Å². The van der Waals surface area contributed by atoms with E-state index in [1.807, 2.05) is 12.1 Å². The highest BCUT2D eigenvalue weighted by molar-refractivity contribution is 5.92. The number of hydrogen-bond donors (Lipinski definition) is 2. The molecule has 2 atom stereocenters. The van der Waals surface area contributed by atoms with Crippen molar-refractivity contribution < 1.29 is 4.79 Å². The Labute approximate surface area is 158 Å². The Morgan fingerprint density at radius 1 is 1.30 bits per heavy atom. The van der Waals surface area contributed by atoms with E-state index in [0.29, 0.717) is 29.3 Å². The van der Waals surface area contributed by atoms with E-state index in [2.05, 4.69) is 38.5 Å². The average Bonchev–Trinajstić information content (AvgIpc) is 2.63. The van der Waals surface area contributed by atoms with Crippen molar-refractivity contribution >= 4 is 22.6 Å². The van der Waals surface area contributed by atoms with Crippen molar-refractivity contribution in [1.29, 1.82) is 5.26 Å². The third-order valence-corrected chi connectivity index (χ3v) is 5.43. The Kier molecular flexibility index (Phi) is 4.90. The zero-order valence-corrected chi connectivity index (χ0v) is 15.5. The molecule has 4 rings (SSSR count). The summed E-state index contributed by atoms with van der Waals surface area (Å²) in [4.78, 5) is 23.5. The zero-order valence-electron chi connectivity index (χ0n) is 15.5. The largest absolute Gasteiger partial charge is 0.367 e.